The fourth-order valence-electron chi connectivity index (χ4n) is 12.5. The van der Waals surface area contributed by atoms with Gasteiger partial charge in [-0.3, -0.25) is 0 Å². The number of benzene rings is 2. The van der Waals surface area contributed by atoms with Crippen LogP contribution in [0.4, 0.5) is 0 Å². The van der Waals surface area contributed by atoms with Crippen LogP contribution in [0.5, 0.6) is 0 Å². The van der Waals surface area contributed by atoms with Gasteiger partial charge in [-0.1, -0.05) is 194 Å². The highest BCUT2D eigenvalue weighted by Gasteiger charge is 2.42. The highest BCUT2D eigenvalue weighted by atomic mass is 14.5. The van der Waals surface area contributed by atoms with Gasteiger partial charge in [0.2, 0.25) is 0 Å². The van der Waals surface area contributed by atoms with E-state index in [1.807, 2.05) is 0 Å². The minimum Gasteiger partial charge on any atom is -0.0628 e. The van der Waals surface area contributed by atoms with Crippen LogP contribution in [0.15, 0.2) is 36.4 Å². The molecule has 5 rings (SSSR count). The van der Waals surface area contributed by atoms with E-state index in [2.05, 4.69) is 182 Å². The Labute approximate surface area is 384 Å². The molecule has 0 N–H and O–H groups in total. The standard InChI is InChI=1S/C19H36.C16H32.2C13H20/c1-14(2)18-9-5-16(6-10-18)13-17-7-11-19(12-8-17)15(3)4;1-12(2)8-16(7)10-14(13(3)4)9-15(5,6)11-16;1-9(2)12-7-6-11(5)13(8-12)10(3)4;1-9(2)12-7-6-8-13(10(3)4)11(12)5/h14-19H,5-13H2,1-4H3;12-14H,8-11H2,1-7H3;2*6-10H,1-5H3. The average Bonchev–Trinajstić information content (AvgIpc) is 3.14. The number of rotatable bonds is 11. The van der Waals surface area contributed by atoms with Gasteiger partial charge < -0.3 is 0 Å². The zero-order valence-corrected chi connectivity index (χ0v) is 45.2. The Morgan fingerprint density at radius 1 is 0.492 bits per heavy atom. The summed E-state index contributed by atoms with van der Waals surface area (Å²) in [4.78, 5) is 0. The molecule has 2 atom stereocenters. The maximum Gasteiger partial charge on any atom is -0.0216 e. The molecule has 3 aliphatic carbocycles. The lowest BCUT2D eigenvalue weighted by Crippen LogP contribution is -2.38. The smallest absolute Gasteiger partial charge is 0.0216 e. The molecule has 0 radical (unpaired) electrons. The molecule has 0 heterocycles. The minimum absolute atomic E-state index is 0.552. The Balaban J connectivity index is 0.000000284. The van der Waals surface area contributed by atoms with Crippen LogP contribution in [0, 0.1) is 77.9 Å². The Morgan fingerprint density at radius 3 is 1.28 bits per heavy atom. The van der Waals surface area contributed by atoms with Crippen LogP contribution in [0.3, 0.4) is 0 Å². The molecule has 352 valence electrons. The molecular weight excluding hydrogens is 733 g/mol. The highest BCUT2D eigenvalue weighted by molar-refractivity contribution is 5.37. The summed E-state index contributed by atoms with van der Waals surface area (Å²) in [6, 6.07) is 13.5. The Kier molecular flexibility index (Phi) is 23.5. The van der Waals surface area contributed by atoms with Gasteiger partial charge in [-0.2, -0.15) is 0 Å². The molecule has 0 nitrogen and oxygen atoms in total. The van der Waals surface area contributed by atoms with Crippen molar-refractivity contribution in [1.82, 2.24) is 0 Å². The summed E-state index contributed by atoms with van der Waals surface area (Å²) in [6.07, 6.45) is 19.5. The van der Waals surface area contributed by atoms with Gasteiger partial charge in [-0.25, -0.2) is 0 Å². The molecule has 2 unspecified atom stereocenters. The van der Waals surface area contributed by atoms with Crippen molar-refractivity contribution in [1.29, 1.82) is 0 Å². The molecule has 61 heavy (non-hydrogen) atoms. The Hall–Kier alpha value is -1.56. The Bertz CT molecular complexity index is 1420. The van der Waals surface area contributed by atoms with E-state index in [-0.39, 0.29) is 0 Å². The Morgan fingerprint density at radius 2 is 0.918 bits per heavy atom. The van der Waals surface area contributed by atoms with Crippen molar-refractivity contribution in [2.75, 3.05) is 0 Å². The molecule has 0 aliphatic heterocycles. The average molecular weight is 842 g/mol. The molecule has 0 spiro atoms. The second-order valence-corrected chi connectivity index (χ2v) is 25.2. The molecule has 0 amide bonds. The molecule has 0 heteroatoms. The first-order chi connectivity index (χ1) is 28.3. The molecule has 0 aromatic heterocycles. The molecule has 0 saturated heterocycles. The van der Waals surface area contributed by atoms with Crippen LogP contribution in [0.2, 0.25) is 0 Å². The number of aryl methyl sites for hydroxylation is 1. The van der Waals surface area contributed by atoms with Gasteiger partial charge >= 0.3 is 0 Å². The summed E-state index contributed by atoms with van der Waals surface area (Å²) in [7, 11) is 0. The summed E-state index contributed by atoms with van der Waals surface area (Å²) in [5, 5.41) is 0. The quantitative estimate of drug-likeness (QED) is 0.211. The summed E-state index contributed by atoms with van der Waals surface area (Å²) in [6.45, 7) is 49.2. The van der Waals surface area contributed by atoms with Crippen LogP contribution < -0.4 is 0 Å². The van der Waals surface area contributed by atoms with Crippen molar-refractivity contribution < 1.29 is 0 Å². The largest absolute Gasteiger partial charge is 0.0628 e. The molecule has 0 bridgehead atoms. The predicted molar refractivity (Wildman–Crippen MR) is 277 cm³/mol. The first-order valence-corrected chi connectivity index (χ1v) is 26.4. The topological polar surface area (TPSA) is 0 Å². The van der Waals surface area contributed by atoms with Crippen LogP contribution in [0.25, 0.3) is 0 Å². The fraction of sp³-hybridized carbons (Fsp3) is 0.803. The second-order valence-electron chi connectivity index (χ2n) is 25.2. The zero-order chi connectivity index (χ0) is 46.4. The molecule has 3 fully saturated rings. The van der Waals surface area contributed by atoms with E-state index >= 15 is 0 Å². The van der Waals surface area contributed by atoms with Crippen molar-refractivity contribution in [2.24, 2.45) is 64.1 Å². The predicted octanol–water partition coefficient (Wildman–Crippen LogP) is 20.3. The van der Waals surface area contributed by atoms with Crippen molar-refractivity contribution in [3.05, 3.63) is 69.8 Å². The normalized spacial score (nSPS) is 25.4. The minimum atomic E-state index is 0.552. The molecule has 3 aliphatic rings. The molecule has 2 aromatic rings. The van der Waals surface area contributed by atoms with Gasteiger partial charge in [0.05, 0.1) is 0 Å². The van der Waals surface area contributed by atoms with Gasteiger partial charge in [-0.05, 0) is 193 Å². The van der Waals surface area contributed by atoms with E-state index in [1.165, 1.54) is 110 Å². The van der Waals surface area contributed by atoms with Crippen molar-refractivity contribution in [3.8, 4) is 0 Å². The van der Waals surface area contributed by atoms with Gasteiger partial charge in [0.15, 0.2) is 0 Å². The van der Waals surface area contributed by atoms with Crippen molar-refractivity contribution in [3.63, 3.8) is 0 Å². The lowest BCUT2D eigenvalue weighted by Gasteiger charge is -2.49. The van der Waals surface area contributed by atoms with Crippen LogP contribution in [-0.4, -0.2) is 0 Å². The van der Waals surface area contributed by atoms with E-state index in [4.69, 9.17) is 0 Å². The molecule has 3 saturated carbocycles. The van der Waals surface area contributed by atoms with Crippen molar-refractivity contribution in [2.45, 2.75) is 253 Å². The zero-order valence-electron chi connectivity index (χ0n) is 45.2. The van der Waals surface area contributed by atoms with E-state index in [9.17, 15) is 0 Å². The van der Waals surface area contributed by atoms with Gasteiger partial charge in [0.25, 0.3) is 0 Å². The van der Waals surface area contributed by atoms with Crippen LogP contribution in [0.1, 0.15) is 272 Å². The van der Waals surface area contributed by atoms with E-state index < -0.39 is 0 Å². The number of hydrogen-bond acceptors (Lipinski definition) is 0. The first kappa shape index (κ1) is 55.6. The van der Waals surface area contributed by atoms with E-state index in [0.717, 1.165) is 53.3 Å². The molecule has 2 aromatic carbocycles. The van der Waals surface area contributed by atoms with Crippen molar-refractivity contribution >= 4 is 0 Å². The van der Waals surface area contributed by atoms with Gasteiger partial charge in [-0.15, -0.1) is 0 Å². The third kappa shape index (κ3) is 19.2. The monoisotopic (exact) mass is 841 g/mol. The first-order valence-electron chi connectivity index (χ1n) is 26.4. The van der Waals surface area contributed by atoms with E-state index in [1.54, 1.807) is 6.42 Å². The lowest BCUT2D eigenvalue weighted by molar-refractivity contribution is 0.0213. The lowest BCUT2D eigenvalue weighted by atomic mass is 9.57. The summed E-state index contributed by atoms with van der Waals surface area (Å²) < 4.78 is 0. The van der Waals surface area contributed by atoms with E-state index in [0.29, 0.717) is 34.5 Å². The highest BCUT2D eigenvalue weighted by Crippen LogP contribution is 2.53. The van der Waals surface area contributed by atoms with Crippen LogP contribution in [-0.2, 0) is 0 Å². The van der Waals surface area contributed by atoms with Crippen LogP contribution >= 0.6 is 0 Å². The third-order valence-electron chi connectivity index (χ3n) is 15.9. The second kappa shape index (κ2) is 25.8. The number of hydrogen-bond donors (Lipinski definition) is 0. The third-order valence-corrected chi connectivity index (χ3v) is 15.9. The molecular formula is C61H108. The maximum absolute atomic E-state index is 2.53. The van der Waals surface area contributed by atoms with Gasteiger partial charge in [0, 0.05) is 0 Å². The SMILES string of the molecule is CC(C)C1CCC(CC2CCC(C(C)C)CC2)CC1.CC(C)CC1(C)CC(C(C)C)CC(C)(C)C1.Cc1c(C(C)C)cccc1C(C)C.Cc1ccc(C(C)C)cc1C(C)C. The summed E-state index contributed by atoms with van der Waals surface area (Å²) in [5.41, 5.74) is 9.96. The maximum atomic E-state index is 2.53. The van der Waals surface area contributed by atoms with Gasteiger partial charge in [0.1, 0.15) is 0 Å². The fourth-order valence-corrected chi connectivity index (χ4v) is 12.5. The summed E-state index contributed by atoms with van der Waals surface area (Å²) in [5.74, 6) is 11.2. The summed E-state index contributed by atoms with van der Waals surface area (Å²) >= 11 is 0.